The molecule has 1 fully saturated rings. The number of carbonyl (C=O) groups is 1. The third kappa shape index (κ3) is 3.07. The van der Waals surface area contributed by atoms with Gasteiger partial charge in [0, 0.05) is 12.6 Å². The van der Waals surface area contributed by atoms with Crippen molar-refractivity contribution in [2.24, 2.45) is 5.73 Å². The molecule has 3 heteroatoms. The average Bonchev–Trinajstić information content (AvgIpc) is 3.19. The van der Waals surface area contributed by atoms with Gasteiger partial charge in [-0.3, -0.25) is 4.79 Å². The first-order valence-electron chi connectivity index (χ1n) is 6.32. The zero-order valence-corrected chi connectivity index (χ0v) is 10.3. The molecule has 92 valence electrons. The van der Waals surface area contributed by atoms with E-state index < -0.39 is 0 Å². The van der Waals surface area contributed by atoms with Crippen LogP contribution in [-0.2, 0) is 11.3 Å². The minimum Gasteiger partial charge on any atom is -0.334 e. The number of rotatable bonds is 5. The fourth-order valence-electron chi connectivity index (χ4n) is 1.94. The van der Waals surface area contributed by atoms with Crippen molar-refractivity contribution in [3.63, 3.8) is 0 Å². The summed E-state index contributed by atoms with van der Waals surface area (Å²) in [5.41, 5.74) is 7.02. The van der Waals surface area contributed by atoms with Gasteiger partial charge in [-0.25, -0.2) is 0 Å². The lowest BCUT2D eigenvalue weighted by Crippen LogP contribution is -2.44. The molecule has 1 saturated carbocycles. The Kier molecular flexibility index (Phi) is 3.79. The fraction of sp³-hybridized carbons (Fsp3) is 0.500. The van der Waals surface area contributed by atoms with Crippen LogP contribution in [-0.4, -0.2) is 22.9 Å². The normalized spacial score (nSPS) is 16.6. The van der Waals surface area contributed by atoms with E-state index in [4.69, 9.17) is 5.73 Å². The summed E-state index contributed by atoms with van der Waals surface area (Å²) in [6.45, 7) is 2.65. The molecule has 3 nitrogen and oxygen atoms in total. The van der Waals surface area contributed by atoms with Crippen molar-refractivity contribution >= 4 is 5.91 Å². The first-order chi connectivity index (χ1) is 8.22. The first-order valence-corrected chi connectivity index (χ1v) is 6.32. The zero-order chi connectivity index (χ0) is 12.3. The van der Waals surface area contributed by atoms with E-state index in [-0.39, 0.29) is 11.9 Å². The van der Waals surface area contributed by atoms with E-state index in [1.54, 1.807) is 0 Å². The lowest BCUT2D eigenvalue weighted by atomic mass is 10.1. The molecule has 1 aromatic carbocycles. The van der Waals surface area contributed by atoms with E-state index in [2.05, 4.69) is 12.1 Å². The van der Waals surface area contributed by atoms with E-state index >= 15 is 0 Å². The van der Waals surface area contributed by atoms with Crippen LogP contribution in [0.25, 0.3) is 0 Å². The molecule has 1 aliphatic carbocycles. The van der Waals surface area contributed by atoms with Crippen molar-refractivity contribution in [3.8, 4) is 0 Å². The average molecular weight is 232 g/mol. The highest BCUT2D eigenvalue weighted by atomic mass is 16.2. The van der Waals surface area contributed by atoms with Crippen LogP contribution in [0.1, 0.15) is 31.7 Å². The molecule has 0 bridgehead atoms. The van der Waals surface area contributed by atoms with Crippen molar-refractivity contribution in [2.45, 2.75) is 44.8 Å². The second-order valence-electron chi connectivity index (χ2n) is 4.70. The van der Waals surface area contributed by atoms with E-state index in [0.717, 1.165) is 12.8 Å². The molecular formula is C14H20N2O. The Balaban J connectivity index is 2.05. The Bertz CT molecular complexity index is 373. The maximum atomic E-state index is 12.2. The smallest absolute Gasteiger partial charge is 0.240 e. The minimum absolute atomic E-state index is 0.0962. The molecule has 0 saturated heterocycles. The fourth-order valence-corrected chi connectivity index (χ4v) is 1.94. The van der Waals surface area contributed by atoms with Gasteiger partial charge in [0.2, 0.25) is 5.91 Å². The number of hydrogen-bond donors (Lipinski definition) is 1. The monoisotopic (exact) mass is 232 g/mol. The number of benzene rings is 1. The highest BCUT2D eigenvalue weighted by Gasteiger charge is 2.34. The van der Waals surface area contributed by atoms with Gasteiger partial charge in [-0.2, -0.15) is 0 Å². The van der Waals surface area contributed by atoms with E-state index in [1.165, 1.54) is 5.56 Å². The molecule has 0 aliphatic heterocycles. The van der Waals surface area contributed by atoms with Gasteiger partial charge in [-0.05, 0) is 24.8 Å². The molecule has 0 aromatic heterocycles. The maximum Gasteiger partial charge on any atom is 0.240 e. The largest absolute Gasteiger partial charge is 0.334 e. The molecule has 0 spiro atoms. The summed E-state index contributed by atoms with van der Waals surface area (Å²) in [5, 5.41) is 0. The third-order valence-electron chi connectivity index (χ3n) is 3.22. The van der Waals surface area contributed by atoms with Gasteiger partial charge in [0.15, 0.2) is 0 Å². The van der Waals surface area contributed by atoms with Crippen LogP contribution in [0, 0.1) is 0 Å². The lowest BCUT2D eigenvalue weighted by Gasteiger charge is -2.25. The summed E-state index contributed by atoms with van der Waals surface area (Å²) in [6.07, 6.45) is 2.95. The van der Waals surface area contributed by atoms with Crippen molar-refractivity contribution in [3.05, 3.63) is 35.9 Å². The van der Waals surface area contributed by atoms with Crippen molar-refractivity contribution < 1.29 is 4.79 Å². The van der Waals surface area contributed by atoms with Crippen LogP contribution in [0.15, 0.2) is 30.3 Å². The van der Waals surface area contributed by atoms with Crippen LogP contribution in [0.5, 0.6) is 0 Å². The third-order valence-corrected chi connectivity index (χ3v) is 3.22. The van der Waals surface area contributed by atoms with E-state index in [9.17, 15) is 4.79 Å². The van der Waals surface area contributed by atoms with Crippen molar-refractivity contribution in [1.82, 2.24) is 4.90 Å². The predicted molar refractivity (Wildman–Crippen MR) is 68.3 cm³/mol. The summed E-state index contributed by atoms with van der Waals surface area (Å²) in [5.74, 6) is 0.0962. The van der Waals surface area contributed by atoms with Gasteiger partial charge in [0.1, 0.15) is 0 Å². The molecule has 1 aromatic rings. The van der Waals surface area contributed by atoms with Gasteiger partial charge in [0.05, 0.1) is 6.04 Å². The number of hydrogen-bond acceptors (Lipinski definition) is 2. The van der Waals surface area contributed by atoms with Gasteiger partial charge in [-0.1, -0.05) is 37.3 Å². The molecule has 2 rings (SSSR count). The van der Waals surface area contributed by atoms with Gasteiger partial charge in [-0.15, -0.1) is 0 Å². The number of nitrogens with two attached hydrogens (primary N) is 1. The van der Waals surface area contributed by atoms with E-state index in [1.807, 2.05) is 30.0 Å². The van der Waals surface area contributed by atoms with Crippen LogP contribution in [0.2, 0.25) is 0 Å². The molecule has 0 heterocycles. The Labute approximate surface area is 103 Å². The summed E-state index contributed by atoms with van der Waals surface area (Å²) in [6, 6.07) is 10.2. The molecule has 2 N–H and O–H groups in total. The topological polar surface area (TPSA) is 46.3 Å². The highest BCUT2D eigenvalue weighted by Crippen LogP contribution is 2.29. The Morgan fingerprint density at radius 2 is 2.06 bits per heavy atom. The second kappa shape index (κ2) is 5.32. The lowest BCUT2D eigenvalue weighted by molar-refractivity contribution is -0.133. The van der Waals surface area contributed by atoms with Gasteiger partial charge in [0.25, 0.3) is 0 Å². The molecule has 1 atom stereocenters. The summed E-state index contributed by atoms with van der Waals surface area (Å²) in [7, 11) is 0. The van der Waals surface area contributed by atoms with Gasteiger partial charge >= 0.3 is 0 Å². The van der Waals surface area contributed by atoms with Crippen LogP contribution in [0.3, 0.4) is 0 Å². The summed E-state index contributed by atoms with van der Waals surface area (Å²) < 4.78 is 0. The SMILES string of the molecule is CCC(N)C(=O)N(Cc1ccccc1)C1CC1. The Hall–Kier alpha value is -1.35. The second-order valence-corrected chi connectivity index (χ2v) is 4.70. The molecule has 1 amide bonds. The quantitative estimate of drug-likeness (QED) is 0.843. The predicted octanol–water partition coefficient (Wildman–Crippen LogP) is 1.91. The number of carbonyl (C=O) groups excluding carboxylic acids is 1. The molecule has 0 radical (unpaired) electrons. The number of amides is 1. The maximum absolute atomic E-state index is 12.2. The zero-order valence-electron chi connectivity index (χ0n) is 10.3. The van der Waals surface area contributed by atoms with Crippen molar-refractivity contribution in [1.29, 1.82) is 0 Å². The molecule has 1 unspecified atom stereocenters. The van der Waals surface area contributed by atoms with Crippen LogP contribution < -0.4 is 5.73 Å². The Morgan fingerprint density at radius 3 is 2.59 bits per heavy atom. The standard InChI is InChI=1S/C14H20N2O/c1-2-13(15)14(17)16(12-8-9-12)10-11-6-4-3-5-7-11/h3-7,12-13H,2,8-10,15H2,1H3. The Morgan fingerprint density at radius 1 is 1.41 bits per heavy atom. The molecular weight excluding hydrogens is 212 g/mol. The highest BCUT2D eigenvalue weighted by molar-refractivity contribution is 5.82. The summed E-state index contributed by atoms with van der Waals surface area (Å²) in [4.78, 5) is 14.1. The van der Waals surface area contributed by atoms with Crippen molar-refractivity contribution in [2.75, 3.05) is 0 Å². The van der Waals surface area contributed by atoms with Gasteiger partial charge < -0.3 is 10.6 Å². The first kappa shape index (κ1) is 12.1. The van der Waals surface area contributed by atoms with Crippen LogP contribution in [0.4, 0.5) is 0 Å². The molecule has 17 heavy (non-hydrogen) atoms. The molecule has 1 aliphatic rings. The summed E-state index contributed by atoms with van der Waals surface area (Å²) >= 11 is 0. The van der Waals surface area contributed by atoms with E-state index in [0.29, 0.717) is 19.0 Å². The number of nitrogens with zero attached hydrogens (tertiary/aromatic N) is 1. The van der Waals surface area contributed by atoms with Crippen LogP contribution >= 0.6 is 0 Å². The minimum atomic E-state index is -0.348.